The number of hydrogen-bond donors (Lipinski definition) is 1. The Morgan fingerprint density at radius 2 is 1.79 bits per heavy atom. The Morgan fingerprint density at radius 3 is 2.43 bits per heavy atom. The fourth-order valence-corrected chi connectivity index (χ4v) is 3.84. The molecule has 8 heteroatoms. The van der Waals surface area contributed by atoms with Crippen molar-refractivity contribution in [3.63, 3.8) is 0 Å². The highest BCUT2D eigenvalue weighted by Crippen LogP contribution is 2.33. The highest BCUT2D eigenvalue weighted by Gasteiger charge is 2.27. The minimum atomic E-state index is -0.692. The summed E-state index contributed by atoms with van der Waals surface area (Å²) in [6.45, 7) is 4.84. The van der Waals surface area contributed by atoms with Gasteiger partial charge >= 0.3 is 5.69 Å². The number of hydrogen-bond acceptors (Lipinski definition) is 5. The van der Waals surface area contributed by atoms with Gasteiger partial charge < -0.3 is 5.32 Å². The molecular weight excluding hydrogens is 376 g/mol. The molecule has 28 heavy (non-hydrogen) atoms. The molecule has 1 atom stereocenters. The van der Waals surface area contributed by atoms with Crippen LogP contribution in [-0.2, 0) is 4.79 Å². The first-order chi connectivity index (χ1) is 13.4. The Bertz CT molecular complexity index is 1020. The zero-order chi connectivity index (χ0) is 20.3. The van der Waals surface area contributed by atoms with E-state index >= 15 is 0 Å². The van der Waals surface area contributed by atoms with Crippen LogP contribution in [0.4, 0.5) is 11.4 Å². The molecule has 0 radical (unpaired) electrons. The third kappa shape index (κ3) is 4.07. The molecule has 3 rings (SSSR count). The molecule has 0 saturated heterocycles. The first-order valence-electron chi connectivity index (χ1n) is 8.71. The average molecular weight is 396 g/mol. The molecule has 0 aliphatic heterocycles. The van der Waals surface area contributed by atoms with Gasteiger partial charge in [0.2, 0.25) is 5.91 Å². The van der Waals surface area contributed by atoms with Crippen molar-refractivity contribution < 1.29 is 9.72 Å². The van der Waals surface area contributed by atoms with Crippen LogP contribution in [0.2, 0.25) is 0 Å². The molecule has 0 aliphatic rings. The molecule has 0 bridgehead atoms. The second kappa shape index (κ2) is 8.26. The normalized spacial score (nSPS) is 11.8. The van der Waals surface area contributed by atoms with Gasteiger partial charge in [0, 0.05) is 9.79 Å². The fourth-order valence-electron chi connectivity index (χ4n) is 2.92. The van der Waals surface area contributed by atoms with E-state index in [-0.39, 0.29) is 11.6 Å². The molecule has 144 valence electrons. The van der Waals surface area contributed by atoms with Crippen molar-refractivity contribution in [3.05, 3.63) is 76.1 Å². The Morgan fingerprint density at radius 1 is 1.14 bits per heavy atom. The maximum absolute atomic E-state index is 12.8. The summed E-state index contributed by atoms with van der Waals surface area (Å²) in [5, 5.41) is 18.3. The lowest BCUT2D eigenvalue weighted by molar-refractivity contribution is -0.386. The summed E-state index contributed by atoms with van der Waals surface area (Å²) in [7, 11) is 0. The molecule has 0 spiro atoms. The topological polar surface area (TPSA) is 90.1 Å². The van der Waals surface area contributed by atoms with Crippen molar-refractivity contribution in [2.75, 3.05) is 5.32 Å². The van der Waals surface area contributed by atoms with Crippen LogP contribution in [0, 0.1) is 24.0 Å². The van der Waals surface area contributed by atoms with Gasteiger partial charge in [-0.25, -0.2) is 0 Å². The summed E-state index contributed by atoms with van der Waals surface area (Å²) in [4.78, 5) is 25.5. The van der Waals surface area contributed by atoms with E-state index in [1.165, 1.54) is 4.68 Å². The molecule has 3 aromatic rings. The monoisotopic (exact) mass is 396 g/mol. The summed E-state index contributed by atoms with van der Waals surface area (Å²) in [5.41, 5.74) is 1.28. The van der Waals surface area contributed by atoms with Crippen LogP contribution in [0.15, 0.2) is 64.4 Å². The predicted octanol–water partition coefficient (Wildman–Crippen LogP) is 4.76. The quantitative estimate of drug-likeness (QED) is 0.479. The van der Waals surface area contributed by atoms with E-state index in [1.807, 2.05) is 54.6 Å². The van der Waals surface area contributed by atoms with Crippen LogP contribution in [-0.4, -0.2) is 20.6 Å². The smallest absolute Gasteiger partial charge is 0.312 e. The van der Waals surface area contributed by atoms with Gasteiger partial charge in [-0.1, -0.05) is 42.1 Å². The lowest BCUT2D eigenvalue weighted by Crippen LogP contribution is -2.25. The summed E-state index contributed by atoms with van der Waals surface area (Å²) in [6, 6.07) is 16.7. The van der Waals surface area contributed by atoms with Crippen molar-refractivity contribution in [1.82, 2.24) is 9.78 Å². The van der Waals surface area contributed by atoms with Crippen molar-refractivity contribution >= 4 is 29.0 Å². The number of aryl methyl sites for hydroxylation is 1. The van der Waals surface area contributed by atoms with Gasteiger partial charge in [-0.3, -0.25) is 19.6 Å². The maximum atomic E-state index is 12.8. The number of carbonyl (C=O) groups excluding carboxylic acids is 1. The molecule has 2 aromatic carbocycles. The van der Waals surface area contributed by atoms with Gasteiger partial charge in [0.15, 0.2) is 0 Å². The molecule has 0 fully saturated rings. The lowest BCUT2D eigenvalue weighted by atomic mass is 10.2. The van der Waals surface area contributed by atoms with E-state index in [0.29, 0.717) is 17.1 Å². The third-order valence-corrected chi connectivity index (χ3v) is 5.42. The first-order valence-corrected chi connectivity index (χ1v) is 9.53. The van der Waals surface area contributed by atoms with E-state index in [1.54, 1.807) is 32.5 Å². The van der Waals surface area contributed by atoms with Gasteiger partial charge in [-0.15, -0.1) is 0 Å². The fraction of sp³-hybridized carbons (Fsp3) is 0.200. The Kier molecular flexibility index (Phi) is 5.79. The highest BCUT2D eigenvalue weighted by atomic mass is 32.2. The van der Waals surface area contributed by atoms with Crippen LogP contribution in [0.25, 0.3) is 0 Å². The van der Waals surface area contributed by atoms with E-state index < -0.39 is 11.0 Å². The first kappa shape index (κ1) is 19.6. The van der Waals surface area contributed by atoms with E-state index in [2.05, 4.69) is 10.4 Å². The number of carbonyl (C=O) groups is 1. The Hall–Kier alpha value is -3.13. The number of para-hydroxylation sites is 1. The second-order valence-corrected chi connectivity index (χ2v) is 7.41. The molecular formula is C20H20N4O3S. The Balaban J connectivity index is 1.82. The van der Waals surface area contributed by atoms with Crippen LogP contribution in [0.5, 0.6) is 0 Å². The third-order valence-electron chi connectivity index (χ3n) is 4.33. The second-order valence-electron chi connectivity index (χ2n) is 6.30. The minimum absolute atomic E-state index is 0.0558. The van der Waals surface area contributed by atoms with Gasteiger partial charge in [-0.05, 0) is 45.0 Å². The maximum Gasteiger partial charge on any atom is 0.312 e. The van der Waals surface area contributed by atoms with Gasteiger partial charge in [0.1, 0.15) is 17.4 Å². The number of aromatic nitrogens is 2. The van der Waals surface area contributed by atoms with Crippen molar-refractivity contribution in [2.24, 2.45) is 0 Å². The van der Waals surface area contributed by atoms with Crippen LogP contribution in [0.3, 0.4) is 0 Å². The standard InChI is InChI=1S/C20H20N4O3S/c1-13-19(24(26)27)14(2)23(22-13)15(3)20(25)21-17-11-7-8-12-18(17)28-16-9-5-4-6-10-16/h4-12,15H,1-3H3,(H,21,25). The predicted molar refractivity (Wildman–Crippen MR) is 109 cm³/mol. The largest absolute Gasteiger partial charge is 0.323 e. The molecule has 1 unspecified atom stereocenters. The summed E-state index contributed by atoms with van der Waals surface area (Å²) < 4.78 is 1.40. The zero-order valence-electron chi connectivity index (χ0n) is 15.7. The number of rotatable bonds is 6. The highest BCUT2D eigenvalue weighted by molar-refractivity contribution is 7.99. The number of anilines is 1. The van der Waals surface area contributed by atoms with Crippen LogP contribution >= 0.6 is 11.8 Å². The van der Waals surface area contributed by atoms with Crippen molar-refractivity contribution in [2.45, 2.75) is 36.6 Å². The van der Waals surface area contributed by atoms with Crippen LogP contribution in [0.1, 0.15) is 24.4 Å². The van der Waals surface area contributed by atoms with E-state index in [9.17, 15) is 14.9 Å². The van der Waals surface area contributed by atoms with Crippen LogP contribution < -0.4 is 5.32 Å². The molecule has 1 amide bonds. The van der Waals surface area contributed by atoms with E-state index in [0.717, 1.165) is 9.79 Å². The van der Waals surface area contributed by atoms with Gasteiger partial charge in [-0.2, -0.15) is 5.10 Å². The zero-order valence-corrected chi connectivity index (χ0v) is 16.6. The van der Waals surface area contributed by atoms with Crippen molar-refractivity contribution in [1.29, 1.82) is 0 Å². The van der Waals surface area contributed by atoms with E-state index in [4.69, 9.17) is 0 Å². The molecule has 1 aromatic heterocycles. The average Bonchev–Trinajstić information content (AvgIpc) is 2.97. The number of amides is 1. The minimum Gasteiger partial charge on any atom is -0.323 e. The summed E-state index contributed by atoms with van der Waals surface area (Å²) in [6.07, 6.45) is 0. The van der Waals surface area contributed by atoms with Gasteiger partial charge in [0.05, 0.1) is 10.6 Å². The lowest BCUT2D eigenvalue weighted by Gasteiger charge is -2.16. The molecule has 0 aliphatic carbocycles. The molecule has 7 nitrogen and oxygen atoms in total. The number of benzene rings is 2. The van der Waals surface area contributed by atoms with Crippen molar-refractivity contribution in [3.8, 4) is 0 Å². The SMILES string of the molecule is Cc1nn(C(C)C(=O)Nc2ccccc2Sc2ccccc2)c(C)c1[N+](=O)[O-]. The summed E-state index contributed by atoms with van der Waals surface area (Å²) >= 11 is 1.55. The summed E-state index contributed by atoms with van der Waals surface area (Å²) in [5.74, 6) is -0.290. The molecule has 1 N–H and O–H groups in total. The Labute approximate surface area is 166 Å². The molecule has 0 saturated carbocycles. The van der Waals surface area contributed by atoms with Gasteiger partial charge in [0.25, 0.3) is 0 Å². The number of nitrogens with one attached hydrogen (secondary N) is 1. The number of nitro groups is 1. The number of nitrogens with zero attached hydrogens (tertiary/aromatic N) is 3. The molecule has 1 heterocycles.